The van der Waals surface area contributed by atoms with Gasteiger partial charge < -0.3 is 9.31 Å². The standard InChI is InChI=1S/C17H22BN3O4/c1-6-20-15(12-7-9-13(10-8-12)21(22)23)14(11-19-20)18-24-16(2,3)17(4,5)25-18/h7-11H,6H2,1-5H3. The molecular weight excluding hydrogens is 321 g/mol. The summed E-state index contributed by atoms with van der Waals surface area (Å²) in [5, 5.41) is 15.3. The predicted octanol–water partition coefficient (Wildman–Crippen LogP) is 2.78. The van der Waals surface area contributed by atoms with Crippen LogP contribution in [0.2, 0.25) is 0 Å². The maximum Gasteiger partial charge on any atom is 0.498 e. The van der Waals surface area contributed by atoms with Crippen molar-refractivity contribution in [1.82, 2.24) is 9.78 Å². The topological polar surface area (TPSA) is 79.4 Å². The Morgan fingerprint density at radius 2 is 1.72 bits per heavy atom. The fraction of sp³-hybridized carbons (Fsp3) is 0.471. The molecule has 8 heteroatoms. The molecule has 25 heavy (non-hydrogen) atoms. The molecule has 1 aromatic heterocycles. The quantitative estimate of drug-likeness (QED) is 0.484. The van der Waals surface area contributed by atoms with Crippen molar-refractivity contribution < 1.29 is 14.2 Å². The van der Waals surface area contributed by atoms with Gasteiger partial charge in [0.1, 0.15) is 0 Å². The molecule has 0 atom stereocenters. The van der Waals surface area contributed by atoms with E-state index in [1.165, 1.54) is 12.1 Å². The Balaban J connectivity index is 2.03. The Hall–Kier alpha value is -2.19. The van der Waals surface area contributed by atoms with Crippen LogP contribution in [0.1, 0.15) is 34.6 Å². The lowest BCUT2D eigenvalue weighted by molar-refractivity contribution is -0.384. The van der Waals surface area contributed by atoms with Gasteiger partial charge in [0.15, 0.2) is 0 Å². The first-order valence-corrected chi connectivity index (χ1v) is 8.32. The average molecular weight is 343 g/mol. The average Bonchev–Trinajstić information content (AvgIpc) is 3.05. The molecule has 0 bridgehead atoms. The van der Waals surface area contributed by atoms with E-state index in [1.807, 2.05) is 39.3 Å². The van der Waals surface area contributed by atoms with Crippen molar-refractivity contribution in [3.8, 4) is 11.3 Å². The summed E-state index contributed by atoms with van der Waals surface area (Å²) < 4.78 is 14.1. The molecule has 1 fully saturated rings. The molecule has 1 saturated heterocycles. The first-order chi connectivity index (χ1) is 11.7. The van der Waals surface area contributed by atoms with Crippen LogP contribution in [0.15, 0.2) is 30.5 Å². The Bertz CT molecular complexity index is 783. The van der Waals surface area contributed by atoms with E-state index in [1.54, 1.807) is 18.3 Å². The van der Waals surface area contributed by atoms with Crippen LogP contribution < -0.4 is 5.46 Å². The molecule has 1 aliphatic rings. The fourth-order valence-electron chi connectivity index (χ4n) is 2.84. The maximum atomic E-state index is 10.9. The molecule has 0 unspecified atom stereocenters. The van der Waals surface area contributed by atoms with Gasteiger partial charge in [0.05, 0.1) is 21.8 Å². The third kappa shape index (κ3) is 2.96. The minimum Gasteiger partial charge on any atom is -0.399 e. The third-order valence-electron chi connectivity index (χ3n) is 5.03. The molecular formula is C17H22BN3O4. The zero-order valence-corrected chi connectivity index (χ0v) is 15.1. The van der Waals surface area contributed by atoms with Crippen LogP contribution in [0.5, 0.6) is 0 Å². The first kappa shape index (κ1) is 17.6. The summed E-state index contributed by atoms with van der Waals surface area (Å²) in [7, 11) is -0.532. The highest BCUT2D eigenvalue weighted by molar-refractivity contribution is 6.63. The minimum absolute atomic E-state index is 0.0588. The highest BCUT2D eigenvalue weighted by Gasteiger charge is 2.52. The molecule has 0 spiro atoms. The summed E-state index contributed by atoms with van der Waals surface area (Å²) in [5.41, 5.74) is 1.70. The molecule has 2 heterocycles. The minimum atomic E-state index is -0.532. The summed E-state index contributed by atoms with van der Waals surface area (Å²) in [6.45, 7) is 10.7. The van der Waals surface area contributed by atoms with E-state index in [2.05, 4.69) is 5.10 Å². The van der Waals surface area contributed by atoms with Crippen molar-refractivity contribution in [3.05, 3.63) is 40.6 Å². The molecule has 1 aromatic carbocycles. The van der Waals surface area contributed by atoms with E-state index >= 15 is 0 Å². The summed E-state index contributed by atoms with van der Waals surface area (Å²) in [4.78, 5) is 10.5. The smallest absolute Gasteiger partial charge is 0.399 e. The normalized spacial score (nSPS) is 18.5. The summed E-state index contributed by atoms with van der Waals surface area (Å²) in [5.74, 6) is 0. The van der Waals surface area contributed by atoms with Crippen LogP contribution >= 0.6 is 0 Å². The van der Waals surface area contributed by atoms with Gasteiger partial charge in [-0.1, -0.05) is 0 Å². The monoisotopic (exact) mass is 343 g/mol. The van der Waals surface area contributed by atoms with Crippen molar-refractivity contribution in [2.24, 2.45) is 0 Å². The molecule has 0 radical (unpaired) electrons. The second-order valence-corrected chi connectivity index (χ2v) is 7.16. The molecule has 1 aliphatic heterocycles. The van der Waals surface area contributed by atoms with Crippen LogP contribution in [-0.2, 0) is 15.9 Å². The summed E-state index contributed by atoms with van der Waals surface area (Å²) >= 11 is 0. The Morgan fingerprint density at radius 3 is 2.20 bits per heavy atom. The number of benzene rings is 1. The second kappa shape index (κ2) is 5.96. The van der Waals surface area contributed by atoms with Gasteiger partial charge in [0, 0.05) is 30.3 Å². The third-order valence-corrected chi connectivity index (χ3v) is 5.03. The Morgan fingerprint density at radius 1 is 1.16 bits per heavy atom. The number of nitro groups is 1. The van der Waals surface area contributed by atoms with E-state index in [0.717, 1.165) is 16.7 Å². The van der Waals surface area contributed by atoms with E-state index in [-0.39, 0.29) is 5.69 Å². The summed E-state index contributed by atoms with van der Waals surface area (Å²) in [6.07, 6.45) is 1.75. The van der Waals surface area contributed by atoms with Crippen LogP contribution in [-0.4, -0.2) is 33.0 Å². The fourth-order valence-corrected chi connectivity index (χ4v) is 2.84. The van der Waals surface area contributed by atoms with Gasteiger partial charge in [0.25, 0.3) is 5.69 Å². The molecule has 7 nitrogen and oxygen atoms in total. The van der Waals surface area contributed by atoms with Gasteiger partial charge in [-0.3, -0.25) is 14.8 Å². The maximum absolute atomic E-state index is 10.9. The Kier molecular flexibility index (Phi) is 4.21. The van der Waals surface area contributed by atoms with Gasteiger partial charge in [-0.25, -0.2) is 0 Å². The number of aryl methyl sites for hydroxylation is 1. The zero-order chi connectivity index (χ0) is 18.4. The molecule has 132 valence electrons. The highest BCUT2D eigenvalue weighted by Crippen LogP contribution is 2.37. The first-order valence-electron chi connectivity index (χ1n) is 8.32. The predicted molar refractivity (Wildman–Crippen MR) is 95.7 cm³/mol. The van der Waals surface area contributed by atoms with Gasteiger partial charge in [-0.05, 0) is 52.3 Å². The van der Waals surface area contributed by atoms with E-state index < -0.39 is 23.2 Å². The number of hydrogen-bond acceptors (Lipinski definition) is 5. The van der Waals surface area contributed by atoms with Gasteiger partial charge >= 0.3 is 7.12 Å². The van der Waals surface area contributed by atoms with Gasteiger partial charge in [-0.15, -0.1) is 0 Å². The number of nitro benzene ring substituents is 1. The van der Waals surface area contributed by atoms with Crippen molar-refractivity contribution in [2.75, 3.05) is 0 Å². The van der Waals surface area contributed by atoms with Crippen molar-refractivity contribution in [3.63, 3.8) is 0 Å². The number of non-ortho nitro benzene ring substituents is 1. The molecule has 0 amide bonds. The second-order valence-electron chi connectivity index (χ2n) is 7.16. The van der Waals surface area contributed by atoms with Crippen LogP contribution in [0.3, 0.4) is 0 Å². The zero-order valence-electron chi connectivity index (χ0n) is 15.1. The van der Waals surface area contributed by atoms with Crippen LogP contribution in [0.25, 0.3) is 11.3 Å². The van der Waals surface area contributed by atoms with Crippen LogP contribution in [0, 0.1) is 10.1 Å². The van der Waals surface area contributed by atoms with Crippen molar-refractivity contribution >= 4 is 18.3 Å². The van der Waals surface area contributed by atoms with Crippen molar-refractivity contribution in [1.29, 1.82) is 0 Å². The van der Waals surface area contributed by atoms with Gasteiger partial charge in [-0.2, -0.15) is 5.10 Å². The van der Waals surface area contributed by atoms with Gasteiger partial charge in [0.2, 0.25) is 0 Å². The lowest BCUT2D eigenvalue weighted by Gasteiger charge is -2.32. The van der Waals surface area contributed by atoms with E-state index in [4.69, 9.17) is 9.31 Å². The lowest BCUT2D eigenvalue weighted by Crippen LogP contribution is -2.41. The number of nitrogens with zero attached hydrogens (tertiary/aromatic N) is 3. The molecule has 0 N–H and O–H groups in total. The molecule has 2 aromatic rings. The number of hydrogen-bond donors (Lipinski definition) is 0. The summed E-state index contributed by atoms with van der Waals surface area (Å²) in [6, 6.07) is 6.46. The Labute approximate surface area is 147 Å². The van der Waals surface area contributed by atoms with E-state index in [9.17, 15) is 10.1 Å². The molecule has 3 rings (SSSR count). The van der Waals surface area contributed by atoms with Crippen molar-refractivity contribution in [2.45, 2.75) is 52.4 Å². The van der Waals surface area contributed by atoms with Crippen LogP contribution in [0.4, 0.5) is 5.69 Å². The number of rotatable bonds is 4. The molecule has 0 aliphatic carbocycles. The SMILES string of the molecule is CCn1ncc(B2OC(C)(C)C(C)(C)O2)c1-c1ccc([N+](=O)[O-])cc1. The largest absolute Gasteiger partial charge is 0.498 e. The number of aromatic nitrogens is 2. The molecule has 0 saturated carbocycles. The highest BCUT2D eigenvalue weighted by atomic mass is 16.7. The lowest BCUT2D eigenvalue weighted by atomic mass is 9.78. The van der Waals surface area contributed by atoms with E-state index in [0.29, 0.717) is 6.54 Å².